The van der Waals surface area contributed by atoms with Crippen molar-refractivity contribution < 1.29 is 9.21 Å². The van der Waals surface area contributed by atoms with Gasteiger partial charge in [0.05, 0.1) is 17.4 Å². The highest BCUT2D eigenvalue weighted by molar-refractivity contribution is 6.29. The summed E-state index contributed by atoms with van der Waals surface area (Å²) in [5.41, 5.74) is 1.34. The van der Waals surface area contributed by atoms with E-state index in [9.17, 15) is 4.79 Å². The third kappa shape index (κ3) is 2.30. The van der Waals surface area contributed by atoms with E-state index in [0.29, 0.717) is 5.56 Å². The molecular weight excluding hydrogens is 264 g/mol. The maximum atomic E-state index is 12.1. The van der Waals surface area contributed by atoms with E-state index in [4.69, 9.17) is 16.0 Å². The first kappa shape index (κ1) is 11.7. The number of hydrogen-bond acceptors (Lipinski definition) is 3. The fourth-order valence-corrected chi connectivity index (χ4v) is 1.89. The predicted octanol–water partition coefficient (Wildman–Crippen LogP) is 3.35. The molecule has 0 aliphatic rings. The molecule has 0 radical (unpaired) electrons. The number of carbonyl (C=O) groups is 1. The number of halogens is 1. The highest BCUT2D eigenvalue weighted by Crippen LogP contribution is 2.17. The predicted molar refractivity (Wildman–Crippen MR) is 70.7 cm³/mol. The van der Waals surface area contributed by atoms with E-state index < -0.39 is 0 Å². The van der Waals surface area contributed by atoms with Crippen molar-refractivity contribution in [1.29, 1.82) is 0 Å². The van der Waals surface area contributed by atoms with Crippen molar-refractivity contribution in [3.8, 4) is 5.69 Å². The first-order valence-electron chi connectivity index (χ1n) is 5.64. The molecule has 0 N–H and O–H groups in total. The van der Waals surface area contributed by atoms with Crippen LogP contribution in [0.15, 0.2) is 59.3 Å². The molecule has 19 heavy (non-hydrogen) atoms. The molecule has 0 spiro atoms. The molecule has 4 nitrogen and oxygen atoms in total. The lowest BCUT2D eigenvalue weighted by atomic mass is 10.2. The van der Waals surface area contributed by atoms with E-state index in [1.54, 1.807) is 16.9 Å². The summed E-state index contributed by atoms with van der Waals surface area (Å²) in [6.07, 6.45) is 3.17. The van der Waals surface area contributed by atoms with Crippen LogP contribution in [0, 0.1) is 0 Å². The number of furan rings is 1. The Morgan fingerprint density at radius 2 is 1.95 bits per heavy atom. The summed E-state index contributed by atoms with van der Waals surface area (Å²) in [7, 11) is 0. The Hall–Kier alpha value is -2.33. The molecule has 0 amide bonds. The highest BCUT2D eigenvalue weighted by Gasteiger charge is 2.15. The van der Waals surface area contributed by atoms with E-state index in [0.717, 1.165) is 5.69 Å². The molecule has 0 fully saturated rings. The largest absolute Gasteiger partial charge is 0.441 e. The Balaban J connectivity index is 1.92. The summed E-state index contributed by atoms with van der Waals surface area (Å²) < 4.78 is 6.73. The zero-order valence-electron chi connectivity index (χ0n) is 9.79. The van der Waals surface area contributed by atoms with Gasteiger partial charge in [0.25, 0.3) is 0 Å². The number of carbonyl (C=O) groups excluding carboxylic acids is 1. The lowest BCUT2D eigenvalue weighted by Crippen LogP contribution is -1.98. The SMILES string of the molecule is O=C(c1cnn(-c2ccccc2)c1)c1ccc(Cl)o1. The van der Waals surface area contributed by atoms with E-state index in [2.05, 4.69) is 5.10 Å². The molecule has 0 saturated carbocycles. The van der Waals surface area contributed by atoms with E-state index in [-0.39, 0.29) is 16.8 Å². The van der Waals surface area contributed by atoms with Crippen molar-refractivity contribution in [3.63, 3.8) is 0 Å². The minimum Gasteiger partial charge on any atom is -0.441 e. The van der Waals surface area contributed by atoms with Gasteiger partial charge in [0.15, 0.2) is 11.0 Å². The number of aromatic nitrogens is 2. The maximum absolute atomic E-state index is 12.1. The molecule has 0 bridgehead atoms. The molecular formula is C14H9ClN2O2. The van der Waals surface area contributed by atoms with Crippen molar-refractivity contribution in [2.75, 3.05) is 0 Å². The number of nitrogens with zero attached hydrogens (tertiary/aromatic N) is 2. The van der Waals surface area contributed by atoms with Gasteiger partial charge in [-0.1, -0.05) is 18.2 Å². The quantitative estimate of drug-likeness (QED) is 0.687. The van der Waals surface area contributed by atoms with Gasteiger partial charge in [-0.05, 0) is 35.9 Å². The maximum Gasteiger partial charge on any atom is 0.231 e. The van der Waals surface area contributed by atoms with E-state index >= 15 is 0 Å². The number of para-hydroxylation sites is 1. The Kier molecular flexibility index (Phi) is 2.93. The van der Waals surface area contributed by atoms with Crippen LogP contribution < -0.4 is 0 Å². The van der Waals surface area contributed by atoms with Crippen molar-refractivity contribution in [1.82, 2.24) is 9.78 Å². The summed E-state index contributed by atoms with van der Waals surface area (Å²) in [5.74, 6) is -0.0355. The summed E-state index contributed by atoms with van der Waals surface area (Å²) in [4.78, 5) is 12.1. The third-order valence-electron chi connectivity index (χ3n) is 2.66. The zero-order valence-corrected chi connectivity index (χ0v) is 10.5. The van der Waals surface area contributed by atoms with Crippen LogP contribution in [0.4, 0.5) is 0 Å². The van der Waals surface area contributed by atoms with Crippen molar-refractivity contribution in [2.24, 2.45) is 0 Å². The van der Waals surface area contributed by atoms with Gasteiger partial charge in [0.2, 0.25) is 5.78 Å². The molecule has 0 aliphatic carbocycles. The van der Waals surface area contributed by atoms with E-state index in [1.165, 1.54) is 12.3 Å². The first-order chi connectivity index (χ1) is 9.24. The summed E-state index contributed by atoms with van der Waals surface area (Å²) >= 11 is 5.65. The molecule has 0 unspecified atom stereocenters. The third-order valence-corrected chi connectivity index (χ3v) is 2.87. The molecule has 5 heteroatoms. The van der Waals surface area contributed by atoms with Crippen molar-refractivity contribution in [2.45, 2.75) is 0 Å². The fraction of sp³-hybridized carbons (Fsp3) is 0. The fourth-order valence-electron chi connectivity index (χ4n) is 1.74. The van der Waals surface area contributed by atoms with Gasteiger partial charge in [0.1, 0.15) is 0 Å². The molecule has 2 aromatic heterocycles. The van der Waals surface area contributed by atoms with Crippen LogP contribution in [-0.2, 0) is 0 Å². The van der Waals surface area contributed by atoms with Gasteiger partial charge in [-0.15, -0.1) is 0 Å². The van der Waals surface area contributed by atoms with Gasteiger partial charge in [-0.3, -0.25) is 4.79 Å². The Bertz CT molecular complexity index is 716. The van der Waals surface area contributed by atoms with Crippen LogP contribution in [-0.4, -0.2) is 15.6 Å². The lowest BCUT2D eigenvalue weighted by Gasteiger charge is -1.98. The number of rotatable bonds is 3. The smallest absolute Gasteiger partial charge is 0.231 e. The molecule has 1 aromatic carbocycles. The monoisotopic (exact) mass is 272 g/mol. The standard InChI is InChI=1S/C14H9ClN2O2/c15-13-7-6-12(19-13)14(18)10-8-16-17(9-10)11-4-2-1-3-5-11/h1-9H. The number of benzene rings is 1. The van der Waals surface area contributed by atoms with Gasteiger partial charge in [-0.25, -0.2) is 4.68 Å². The summed E-state index contributed by atoms with van der Waals surface area (Å²) in [6.45, 7) is 0. The minimum absolute atomic E-state index is 0.193. The first-order valence-corrected chi connectivity index (χ1v) is 6.02. The normalized spacial score (nSPS) is 10.6. The average molecular weight is 273 g/mol. The molecule has 94 valence electrons. The highest BCUT2D eigenvalue weighted by atomic mass is 35.5. The summed E-state index contributed by atoms with van der Waals surface area (Å²) in [6, 6.07) is 12.6. The Morgan fingerprint density at radius 1 is 1.16 bits per heavy atom. The van der Waals surface area contributed by atoms with Crippen LogP contribution in [0.3, 0.4) is 0 Å². The van der Waals surface area contributed by atoms with Gasteiger partial charge >= 0.3 is 0 Å². The molecule has 3 aromatic rings. The zero-order chi connectivity index (χ0) is 13.2. The van der Waals surface area contributed by atoms with Gasteiger partial charge in [-0.2, -0.15) is 5.10 Å². The van der Waals surface area contributed by atoms with Crippen LogP contribution in [0.2, 0.25) is 5.22 Å². The number of ketones is 1. The molecule has 0 aliphatic heterocycles. The van der Waals surface area contributed by atoms with Crippen molar-refractivity contribution in [3.05, 3.63) is 71.4 Å². The second-order valence-corrected chi connectivity index (χ2v) is 4.31. The van der Waals surface area contributed by atoms with Crippen molar-refractivity contribution >= 4 is 17.4 Å². The summed E-state index contributed by atoms with van der Waals surface area (Å²) in [5, 5.41) is 4.35. The second kappa shape index (κ2) is 4.74. The molecule has 2 heterocycles. The molecule has 0 saturated heterocycles. The second-order valence-electron chi connectivity index (χ2n) is 3.94. The lowest BCUT2D eigenvalue weighted by molar-refractivity contribution is 0.101. The number of hydrogen-bond donors (Lipinski definition) is 0. The van der Waals surface area contributed by atoms with E-state index in [1.807, 2.05) is 30.3 Å². The van der Waals surface area contributed by atoms with Gasteiger partial charge < -0.3 is 4.42 Å². The Morgan fingerprint density at radius 3 is 2.63 bits per heavy atom. The van der Waals surface area contributed by atoms with Crippen LogP contribution in [0.25, 0.3) is 5.69 Å². The Labute approximate surface area is 114 Å². The molecule has 3 rings (SSSR count). The van der Waals surface area contributed by atoms with Crippen LogP contribution in [0.1, 0.15) is 16.1 Å². The average Bonchev–Trinajstić information content (AvgIpc) is 3.08. The minimum atomic E-state index is -0.242. The van der Waals surface area contributed by atoms with Gasteiger partial charge in [0, 0.05) is 6.20 Å². The molecule has 0 atom stereocenters. The van der Waals surface area contributed by atoms with Crippen LogP contribution in [0.5, 0.6) is 0 Å². The topological polar surface area (TPSA) is 48.0 Å². The van der Waals surface area contributed by atoms with Crippen LogP contribution >= 0.6 is 11.6 Å².